The fourth-order valence-electron chi connectivity index (χ4n) is 3.29. The molecule has 0 aromatic heterocycles. The van der Waals surface area contributed by atoms with Crippen molar-refractivity contribution < 1.29 is 19.4 Å². The number of ether oxygens (including phenoxy) is 1. The van der Waals surface area contributed by atoms with Crippen molar-refractivity contribution in [3.8, 4) is 0 Å². The Bertz CT molecular complexity index is 605. The number of carbonyl (C=O) groups excluding carboxylic acids is 1. The molecule has 0 saturated carbocycles. The van der Waals surface area contributed by atoms with Crippen molar-refractivity contribution >= 4 is 11.9 Å². The van der Waals surface area contributed by atoms with E-state index in [0.717, 1.165) is 11.1 Å². The molecule has 0 spiro atoms. The number of hydrogen-bond donors (Lipinski definition) is 2. The van der Waals surface area contributed by atoms with Crippen LogP contribution in [0.3, 0.4) is 0 Å². The van der Waals surface area contributed by atoms with Gasteiger partial charge in [0.1, 0.15) is 6.04 Å². The molecule has 1 aromatic rings. The SMILES string of the molecule is C=CCCC(NC(=O)C1(c2ccccc2C)CCOCC1)C(=O)O. The summed E-state index contributed by atoms with van der Waals surface area (Å²) in [6.07, 6.45) is 3.64. The van der Waals surface area contributed by atoms with Crippen molar-refractivity contribution in [1.29, 1.82) is 0 Å². The van der Waals surface area contributed by atoms with E-state index >= 15 is 0 Å². The van der Waals surface area contributed by atoms with Crippen molar-refractivity contribution in [2.24, 2.45) is 0 Å². The van der Waals surface area contributed by atoms with Gasteiger partial charge in [-0.1, -0.05) is 30.3 Å². The zero-order valence-corrected chi connectivity index (χ0v) is 14.1. The summed E-state index contributed by atoms with van der Waals surface area (Å²) in [5, 5.41) is 12.1. The largest absolute Gasteiger partial charge is 0.480 e. The zero-order chi connectivity index (χ0) is 17.6. The molecule has 2 N–H and O–H groups in total. The minimum Gasteiger partial charge on any atom is -0.480 e. The first-order chi connectivity index (χ1) is 11.5. The second kappa shape index (κ2) is 8.11. The number of aryl methyl sites for hydroxylation is 1. The summed E-state index contributed by atoms with van der Waals surface area (Å²) in [6, 6.07) is 6.89. The van der Waals surface area contributed by atoms with E-state index in [1.165, 1.54) is 0 Å². The van der Waals surface area contributed by atoms with Gasteiger partial charge in [0.05, 0.1) is 5.41 Å². The van der Waals surface area contributed by atoms with Crippen molar-refractivity contribution in [2.75, 3.05) is 13.2 Å². The number of carboxylic acids is 1. The first-order valence-electron chi connectivity index (χ1n) is 8.30. The molecule has 0 bridgehead atoms. The normalized spacial score (nSPS) is 17.7. The lowest BCUT2D eigenvalue weighted by Gasteiger charge is -2.38. The van der Waals surface area contributed by atoms with Crippen LogP contribution in [0.5, 0.6) is 0 Å². The van der Waals surface area contributed by atoms with Gasteiger partial charge in [-0.2, -0.15) is 0 Å². The predicted molar refractivity (Wildman–Crippen MR) is 91.9 cm³/mol. The molecule has 0 aliphatic carbocycles. The molecule has 1 amide bonds. The topological polar surface area (TPSA) is 75.6 Å². The average molecular weight is 331 g/mol. The van der Waals surface area contributed by atoms with Gasteiger partial charge in [0.15, 0.2) is 0 Å². The molecule has 5 nitrogen and oxygen atoms in total. The minimum absolute atomic E-state index is 0.225. The van der Waals surface area contributed by atoms with Gasteiger partial charge in [-0.3, -0.25) is 4.79 Å². The summed E-state index contributed by atoms with van der Waals surface area (Å²) in [5.41, 5.74) is 1.26. The summed E-state index contributed by atoms with van der Waals surface area (Å²) >= 11 is 0. The molecule has 130 valence electrons. The molecule has 1 unspecified atom stereocenters. The Morgan fingerprint density at radius 2 is 2.04 bits per heavy atom. The molecule has 1 atom stereocenters. The highest BCUT2D eigenvalue weighted by molar-refractivity contribution is 5.92. The highest BCUT2D eigenvalue weighted by atomic mass is 16.5. The fourth-order valence-corrected chi connectivity index (χ4v) is 3.29. The Balaban J connectivity index is 2.30. The summed E-state index contributed by atoms with van der Waals surface area (Å²) in [5.74, 6) is -1.24. The van der Waals surface area contributed by atoms with Crippen LogP contribution < -0.4 is 5.32 Å². The van der Waals surface area contributed by atoms with Gasteiger partial charge in [0.2, 0.25) is 5.91 Å². The lowest BCUT2D eigenvalue weighted by atomic mass is 9.71. The standard InChI is InChI=1S/C19H25NO4/c1-3-4-9-16(17(21)22)20-18(23)19(10-12-24-13-11-19)15-8-6-5-7-14(15)2/h3,5-8,16H,1,4,9-13H2,2H3,(H,20,23)(H,21,22). The summed E-state index contributed by atoms with van der Waals surface area (Å²) in [6.45, 7) is 6.57. The molecule has 1 fully saturated rings. The third kappa shape index (κ3) is 3.85. The van der Waals surface area contributed by atoms with E-state index in [2.05, 4.69) is 11.9 Å². The van der Waals surface area contributed by atoms with Crippen molar-refractivity contribution in [1.82, 2.24) is 5.32 Å². The second-order valence-electron chi connectivity index (χ2n) is 6.24. The fraction of sp³-hybridized carbons (Fsp3) is 0.474. The number of benzene rings is 1. The Hall–Kier alpha value is -2.14. The monoisotopic (exact) mass is 331 g/mol. The number of carbonyl (C=O) groups is 2. The smallest absolute Gasteiger partial charge is 0.326 e. The van der Waals surface area contributed by atoms with Crippen LogP contribution in [-0.2, 0) is 19.7 Å². The number of rotatable bonds is 7. The van der Waals surface area contributed by atoms with Crippen molar-refractivity contribution in [2.45, 2.75) is 44.1 Å². The molecule has 0 radical (unpaired) electrons. The number of allylic oxidation sites excluding steroid dienone is 1. The lowest BCUT2D eigenvalue weighted by molar-refractivity contribution is -0.143. The van der Waals surface area contributed by atoms with Gasteiger partial charge in [0.25, 0.3) is 0 Å². The average Bonchev–Trinajstić information content (AvgIpc) is 2.59. The molecule has 2 rings (SSSR count). The quantitative estimate of drug-likeness (QED) is 0.753. The predicted octanol–water partition coefficient (Wildman–Crippen LogP) is 2.58. The Labute approximate surface area is 142 Å². The van der Waals surface area contributed by atoms with Crippen LogP contribution in [0.15, 0.2) is 36.9 Å². The molecule has 1 aliphatic rings. The van der Waals surface area contributed by atoms with Crippen LogP contribution >= 0.6 is 0 Å². The lowest BCUT2D eigenvalue weighted by Crippen LogP contribution is -2.53. The summed E-state index contributed by atoms with van der Waals surface area (Å²) in [7, 11) is 0. The molecular formula is C19H25NO4. The number of nitrogens with one attached hydrogen (secondary N) is 1. The maximum atomic E-state index is 13.1. The van der Waals surface area contributed by atoms with Gasteiger partial charge >= 0.3 is 5.97 Å². The van der Waals surface area contributed by atoms with E-state index < -0.39 is 17.4 Å². The number of amides is 1. The van der Waals surface area contributed by atoms with Crippen LogP contribution in [0, 0.1) is 6.92 Å². The van der Waals surface area contributed by atoms with Crippen molar-refractivity contribution in [3.63, 3.8) is 0 Å². The Morgan fingerprint density at radius 1 is 1.38 bits per heavy atom. The highest BCUT2D eigenvalue weighted by Gasteiger charge is 2.43. The van der Waals surface area contributed by atoms with Gasteiger partial charge in [0, 0.05) is 13.2 Å². The molecule has 1 aromatic carbocycles. The van der Waals surface area contributed by atoms with Crippen LogP contribution in [0.25, 0.3) is 0 Å². The van der Waals surface area contributed by atoms with E-state index in [4.69, 9.17) is 4.74 Å². The molecule has 1 saturated heterocycles. The van der Waals surface area contributed by atoms with E-state index in [0.29, 0.717) is 38.9 Å². The summed E-state index contributed by atoms with van der Waals surface area (Å²) < 4.78 is 5.44. The van der Waals surface area contributed by atoms with Crippen molar-refractivity contribution in [3.05, 3.63) is 48.0 Å². The first kappa shape index (κ1) is 18.2. The van der Waals surface area contributed by atoms with E-state index in [9.17, 15) is 14.7 Å². The van der Waals surface area contributed by atoms with Gasteiger partial charge in [-0.25, -0.2) is 4.79 Å². The number of hydrogen-bond acceptors (Lipinski definition) is 3. The minimum atomic E-state index is -1.02. The Morgan fingerprint density at radius 3 is 2.62 bits per heavy atom. The van der Waals surface area contributed by atoms with Crippen LogP contribution in [0.1, 0.15) is 36.8 Å². The molecule has 1 heterocycles. The van der Waals surface area contributed by atoms with Crippen LogP contribution in [0.2, 0.25) is 0 Å². The summed E-state index contributed by atoms with van der Waals surface area (Å²) in [4.78, 5) is 24.6. The molecule has 24 heavy (non-hydrogen) atoms. The highest BCUT2D eigenvalue weighted by Crippen LogP contribution is 2.37. The third-order valence-electron chi connectivity index (χ3n) is 4.70. The van der Waals surface area contributed by atoms with Gasteiger partial charge in [-0.05, 0) is 43.7 Å². The number of aliphatic carboxylic acids is 1. The van der Waals surface area contributed by atoms with Gasteiger partial charge in [-0.15, -0.1) is 6.58 Å². The molecule has 1 aliphatic heterocycles. The second-order valence-corrected chi connectivity index (χ2v) is 6.24. The van der Waals surface area contributed by atoms with Crippen LogP contribution in [-0.4, -0.2) is 36.2 Å². The third-order valence-corrected chi connectivity index (χ3v) is 4.70. The number of carboxylic acid groups (broad SMARTS) is 1. The van der Waals surface area contributed by atoms with Gasteiger partial charge < -0.3 is 15.2 Å². The van der Waals surface area contributed by atoms with E-state index in [1.54, 1.807) is 6.08 Å². The molecular weight excluding hydrogens is 306 g/mol. The van der Waals surface area contributed by atoms with Crippen LogP contribution in [0.4, 0.5) is 0 Å². The zero-order valence-electron chi connectivity index (χ0n) is 14.1. The maximum Gasteiger partial charge on any atom is 0.326 e. The van der Waals surface area contributed by atoms with E-state index in [-0.39, 0.29) is 5.91 Å². The maximum absolute atomic E-state index is 13.1. The molecule has 5 heteroatoms. The Kier molecular flexibility index (Phi) is 6.15. The van der Waals surface area contributed by atoms with E-state index in [1.807, 2.05) is 31.2 Å². The first-order valence-corrected chi connectivity index (χ1v) is 8.30.